The van der Waals surface area contributed by atoms with Crippen LogP contribution in [0.2, 0.25) is 0 Å². The molecule has 0 amide bonds. The molecule has 194 valence electrons. The van der Waals surface area contributed by atoms with Crippen LogP contribution in [0.5, 0.6) is 5.75 Å². The van der Waals surface area contributed by atoms with E-state index in [-0.39, 0.29) is 29.6 Å². The molecule has 0 bridgehead atoms. The molecule has 1 heterocycles. The second-order valence-electron chi connectivity index (χ2n) is 9.23. The van der Waals surface area contributed by atoms with Crippen LogP contribution >= 0.6 is 15.9 Å². The number of non-ortho nitro benzene ring substituents is 1. The predicted octanol–water partition coefficient (Wildman–Crippen LogP) is 6.72. The van der Waals surface area contributed by atoms with Crippen LogP contribution in [0.4, 0.5) is 10.1 Å². The van der Waals surface area contributed by atoms with Gasteiger partial charge in [-0.3, -0.25) is 14.9 Å². The summed E-state index contributed by atoms with van der Waals surface area (Å²) in [5.41, 5.74) is 1.04. The highest BCUT2D eigenvalue weighted by Crippen LogP contribution is 2.32. The number of aromatic nitrogens is 2. The Hall–Kier alpha value is -3.92. The highest BCUT2D eigenvalue weighted by atomic mass is 79.9. The van der Waals surface area contributed by atoms with E-state index in [1.807, 2.05) is 6.07 Å². The second-order valence-corrected chi connectivity index (χ2v) is 10.1. The van der Waals surface area contributed by atoms with Crippen molar-refractivity contribution >= 4 is 38.7 Å². The van der Waals surface area contributed by atoms with Gasteiger partial charge in [0.05, 0.1) is 22.0 Å². The van der Waals surface area contributed by atoms with Crippen molar-refractivity contribution in [2.45, 2.75) is 44.6 Å². The Bertz CT molecular complexity index is 1600. The van der Waals surface area contributed by atoms with Crippen molar-refractivity contribution in [3.05, 3.63) is 108 Å². The summed E-state index contributed by atoms with van der Waals surface area (Å²) >= 11 is 3.42. The van der Waals surface area contributed by atoms with E-state index in [1.54, 1.807) is 24.3 Å². The van der Waals surface area contributed by atoms with E-state index >= 15 is 0 Å². The molecule has 8 nitrogen and oxygen atoms in total. The number of ether oxygens (including phenoxy) is 1. The lowest BCUT2D eigenvalue weighted by molar-refractivity contribution is -0.384. The fourth-order valence-corrected chi connectivity index (χ4v) is 5.05. The summed E-state index contributed by atoms with van der Waals surface area (Å²) in [7, 11) is 0. The predicted molar refractivity (Wildman–Crippen MR) is 146 cm³/mol. The van der Waals surface area contributed by atoms with Crippen LogP contribution in [0.15, 0.2) is 75.0 Å². The third-order valence-electron chi connectivity index (χ3n) is 6.60. The molecule has 0 radical (unpaired) electrons. The van der Waals surface area contributed by atoms with Crippen LogP contribution in [-0.4, -0.2) is 20.8 Å². The van der Waals surface area contributed by atoms with E-state index in [2.05, 4.69) is 21.0 Å². The molecule has 4 aromatic rings. The summed E-state index contributed by atoms with van der Waals surface area (Å²) in [6, 6.07) is 15.5. The van der Waals surface area contributed by atoms with Crippen LogP contribution in [0, 0.1) is 15.9 Å². The molecule has 0 unspecified atom stereocenters. The van der Waals surface area contributed by atoms with Gasteiger partial charge in [-0.1, -0.05) is 47.3 Å². The number of hydrogen-bond acceptors (Lipinski definition) is 6. The average Bonchev–Trinajstić information content (AvgIpc) is 2.92. The lowest BCUT2D eigenvalue weighted by Crippen LogP contribution is -2.25. The maximum atomic E-state index is 13.6. The van der Waals surface area contributed by atoms with Crippen LogP contribution in [-0.2, 0) is 6.61 Å². The van der Waals surface area contributed by atoms with E-state index in [4.69, 9.17) is 9.72 Å². The zero-order valence-corrected chi connectivity index (χ0v) is 21.9. The second kappa shape index (κ2) is 11.2. The Balaban J connectivity index is 1.57. The summed E-state index contributed by atoms with van der Waals surface area (Å²) in [6.45, 7) is 0.0508. The normalized spacial score (nSPS) is 14.3. The first kappa shape index (κ1) is 25.7. The minimum atomic E-state index is -0.511. The molecule has 38 heavy (non-hydrogen) atoms. The molecule has 1 saturated carbocycles. The number of nitro benzene ring substituents is 1. The molecule has 1 aliphatic carbocycles. The number of nitrogens with zero attached hydrogens (tertiary/aromatic N) is 4. The lowest BCUT2D eigenvalue weighted by Gasteiger charge is -2.22. The fraction of sp³-hybridized carbons (Fsp3) is 0.250. The van der Waals surface area contributed by atoms with Crippen molar-refractivity contribution in [3.63, 3.8) is 0 Å². The monoisotopic (exact) mass is 578 g/mol. The molecular weight excluding hydrogens is 555 g/mol. The zero-order valence-electron chi connectivity index (χ0n) is 20.3. The maximum absolute atomic E-state index is 13.6. The Morgan fingerprint density at radius 2 is 1.95 bits per heavy atom. The minimum Gasteiger partial charge on any atom is -0.488 e. The first-order valence-corrected chi connectivity index (χ1v) is 13.1. The molecule has 1 fully saturated rings. The molecule has 1 aliphatic rings. The molecular formula is C28H24BrFN4O4. The van der Waals surface area contributed by atoms with Gasteiger partial charge in [0.15, 0.2) is 0 Å². The summed E-state index contributed by atoms with van der Waals surface area (Å²) in [4.78, 5) is 29.3. The van der Waals surface area contributed by atoms with E-state index < -0.39 is 4.92 Å². The number of nitro groups is 1. The molecule has 5 rings (SSSR count). The van der Waals surface area contributed by atoms with Crippen molar-refractivity contribution in [2.24, 2.45) is 5.10 Å². The number of hydrogen-bond donors (Lipinski definition) is 0. The van der Waals surface area contributed by atoms with Gasteiger partial charge in [-0.15, -0.1) is 0 Å². The SMILES string of the molecule is O=c1c2cc(Br)ccc2nc(C2CCCCC2)n1N=Cc1cc([N+](=O)[O-])ccc1OCc1cccc(F)c1. The molecule has 0 atom stereocenters. The highest BCUT2D eigenvalue weighted by Gasteiger charge is 2.23. The number of benzene rings is 3. The lowest BCUT2D eigenvalue weighted by atomic mass is 9.88. The Morgan fingerprint density at radius 3 is 2.71 bits per heavy atom. The largest absolute Gasteiger partial charge is 0.488 e. The zero-order chi connectivity index (χ0) is 26.6. The first-order chi connectivity index (χ1) is 18.4. The van der Waals surface area contributed by atoms with Crippen molar-refractivity contribution in [1.29, 1.82) is 0 Å². The standard InChI is InChI=1S/C28H24BrFN4O4/c29-21-9-11-25-24(15-21)28(35)33(27(32-25)19-6-2-1-3-7-19)31-16-20-14-23(34(36)37)10-12-26(20)38-17-18-5-4-8-22(30)13-18/h4-5,8-16,19H,1-3,6-7,17H2. The quantitative estimate of drug-likeness (QED) is 0.138. The van der Waals surface area contributed by atoms with Crippen LogP contribution in [0.1, 0.15) is 55.0 Å². The van der Waals surface area contributed by atoms with E-state index in [9.17, 15) is 19.3 Å². The Labute approximate surface area is 226 Å². The van der Waals surface area contributed by atoms with Gasteiger partial charge in [0.2, 0.25) is 0 Å². The van der Waals surface area contributed by atoms with Gasteiger partial charge in [0, 0.05) is 28.1 Å². The van der Waals surface area contributed by atoms with Crippen molar-refractivity contribution < 1.29 is 14.1 Å². The summed E-state index contributed by atoms with van der Waals surface area (Å²) in [6.07, 6.45) is 6.43. The van der Waals surface area contributed by atoms with Gasteiger partial charge in [-0.2, -0.15) is 9.78 Å². The minimum absolute atomic E-state index is 0.0508. The Kier molecular flexibility index (Phi) is 7.59. The first-order valence-electron chi connectivity index (χ1n) is 12.3. The maximum Gasteiger partial charge on any atom is 0.282 e. The van der Waals surface area contributed by atoms with Gasteiger partial charge in [0.1, 0.15) is 24.0 Å². The smallest absolute Gasteiger partial charge is 0.282 e. The van der Waals surface area contributed by atoms with Gasteiger partial charge in [-0.05, 0) is 54.8 Å². The molecule has 0 saturated heterocycles. The van der Waals surface area contributed by atoms with E-state index in [1.165, 1.54) is 41.2 Å². The molecule has 0 spiro atoms. The Morgan fingerprint density at radius 1 is 1.13 bits per heavy atom. The highest BCUT2D eigenvalue weighted by molar-refractivity contribution is 9.10. The van der Waals surface area contributed by atoms with Crippen molar-refractivity contribution in [2.75, 3.05) is 0 Å². The number of rotatable bonds is 7. The van der Waals surface area contributed by atoms with Crippen LogP contribution in [0.3, 0.4) is 0 Å². The van der Waals surface area contributed by atoms with Crippen molar-refractivity contribution in [3.8, 4) is 5.75 Å². The summed E-state index contributed by atoms with van der Waals surface area (Å²) < 4.78 is 21.5. The van der Waals surface area contributed by atoms with Crippen LogP contribution < -0.4 is 10.3 Å². The molecule has 0 N–H and O–H groups in total. The van der Waals surface area contributed by atoms with Gasteiger partial charge >= 0.3 is 0 Å². The molecule has 0 aliphatic heterocycles. The number of halogens is 2. The third kappa shape index (κ3) is 5.65. The number of fused-ring (bicyclic) bond motifs is 1. The van der Waals surface area contributed by atoms with E-state index in [0.717, 1.165) is 36.6 Å². The van der Waals surface area contributed by atoms with Gasteiger partial charge in [-0.25, -0.2) is 9.37 Å². The summed E-state index contributed by atoms with van der Waals surface area (Å²) in [5, 5.41) is 16.4. The van der Waals surface area contributed by atoms with Crippen molar-refractivity contribution in [1.82, 2.24) is 9.66 Å². The average molecular weight is 579 g/mol. The topological polar surface area (TPSA) is 99.6 Å². The van der Waals surface area contributed by atoms with Crippen LogP contribution in [0.25, 0.3) is 10.9 Å². The van der Waals surface area contributed by atoms with Gasteiger partial charge < -0.3 is 4.74 Å². The fourth-order valence-electron chi connectivity index (χ4n) is 4.69. The third-order valence-corrected chi connectivity index (χ3v) is 7.10. The molecule has 10 heteroatoms. The summed E-state index contributed by atoms with van der Waals surface area (Å²) in [5.74, 6) is 0.581. The van der Waals surface area contributed by atoms with Gasteiger partial charge in [0.25, 0.3) is 11.2 Å². The van der Waals surface area contributed by atoms with E-state index in [0.29, 0.717) is 33.6 Å². The molecule has 3 aromatic carbocycles. The molecule has 1 aromatic heterocycles.